The number of halogens is 1. The van der Waals surface area contributed by atoms with Crippen molar-refractivity contribution in [1.29, 1.82) is 0 Å². The van der Waals surface area contributed by atoms with Gasteiger partial charge in [-0.05, 0) is 56.0 Å². The van der Waals surface area contributed by atoms with Gasteiger partial charge in [-0.2, -0.15) is 0 Å². The second-order valence-electron chi connectivity index (χ2n) is 8.28. The van der Waals surface area contributed by atoms with Crippen molar-refractivity contribution in [2.75, 3.05) is 39.8 Å². The number of nitrogens with zero attached hydrogens (tertiary/aromatic N) is 1. The molecule has 1 aromatic carbocycles. The van der Waals surface area contributed by atoms with Crippen LogP contribution < -0.4 is 10.6 Å². The molecule has 5 nitrogen and oxygen atoms in total. The largest absolute Gasteiger partial charge is 0.490 e. The Morgan fingerprint density at radius 2 is 1.90 bits per heavy atom. The van der Waals surface area contributed by atoms with Crippen molar-refractivity contribution in [2.45, 2.75) is 45.2 Å². The predicted molar refractivity (Wildman–Crippen MR) is 118 cm³/mol. The zero-order valence-corrected chi connectivity index (χ0v) is 18.4. The molecule has 30 heavy (non-hydrogen) atoms. The molecule has 1 fully saturated rings. The number of carbonyl (C=O) groups is 1. The van der Waals surface area contributed by atoms with E-state index >= 15 is 4.39 Å². The van der Waals surface area contributed by atoms with E-state index in [1.165, 1.54) is 5.56 Å². The molecule has 0 atom stereocenters. The van der Waals surface area contributed by atoms with Crippen LogP contribution in [-0.2, 0) is 4.74 Å². The van der Waals surface area contributed by atoms with Gasteiger partial charge >= 0.3 is 0 Å². The van der Waals surface area contributed by atoms with Gasteiger partial charge in [0.15, 0.2) is 0 Å². The maximum absolute atomic E-state index is 15.2. The monoisotopic (exact) mass is 415 g/mol. The van der Waals surface area contributed by atoms with Crippen LogP contribution in [0.5, 0.6) is 0 Å². The number of piperidine rings is 1. The third kappa shape index (κ3) is 5.63. The van der Waals surface area contributed by atoms with Crippen molar-refractivity contribution in [2.24, 2.45) is 0 Å². The zero-order chi connectivity index (χ0) is 21.6. The van der Waals surface area contributed by atoms with Crippen LogP contribution in [0.4, 0.5) is 4.39 Å². The topological polar surface area (TPSA) is 53.6 Å². The number of amides is 1. The molecule has 1 amide bonds. The van der Waals surface area contributed by atoms with Crippen molar-refractivity contribution < 1.29 is 13.9 Å². The molecule has 6 heteroatoms. The van der Waals surface area contributed by atoms with Crippen molar-refractivity contribution in [3.63, 3.8) is 0 Å². The van der Waals surface area contributed by atoms with E-state index in [9.17, 15) is 4.79 Å². The van der Waals surface area contributed by atoms with Gasteiger partial charge in [-0.25, -0.2) is 4.39 Å². The summed E-state index contributed by atoms with van der Waals surface area (Å²) in [7, 11) is 1.89. The molecule has 0 aromatic heterocycles. The van der Waals surface area contributed by atoms with Crippen LogP contribution in [-0.4, -0.2) is 56.3 Å². The van der Waals surface area contributed by atoms with Crippen LogP contribution in [0.2, 0.25) is 0 Å². The van der Waals surface area contributed by atoms with Crippen molar-refractivity contribution in [3.8, 4) is 0 Å². The van der Waals surface area contributed by atoms with E-state index in [4.69, 9.17) is 4.74 Å². The number of nitrogens with one attached hydrogen (secondary N) is 2. The Hall–Kier alpha value is -2.34. The minimum absolute atomic E-state index is 0.00402. The third-order valence-corrected chi connectivity index (χ3v) is 6.06. The summed E-state index contributed by atoms with van der Waals surface area (Å²) in [5.74, 6) is 0.870. The number of rotatable bonds is 8. The summed E-state index contributed by atoms with van der Waals surface area (Å²) in [6.45, 7) is 6.31. The number of ether oxygens (including phenoxy) is 1. The third-order valence-electron chi connectivity index (χ3n) is 6.06. The Kier molecular flexibility index (Phi) is 7.53. The summed E-state index contributed by atoms with van der Waals surface area (Å²) in [6.07, 6.45) is 6.94. The molecule has 0 unspecified atom stereocenters. The van der Waals surface area contributed by atoms with Crippen LogP contribution >= 0.6 is 0 Å². The minimum Gasteiger partial charge on any atom is -0.490 e. The lowest BCUT2D eigenvalue weighted by atomic mass is 9.92. The highest BCUT2D eigenvalue weighted by molar-refractivity contribution is 5.94. The molecule has 3 rings (SSSR count). The fraction of sp³-hybridized carbons (Fsp3) is 0.542. The molecule has 0 spiro atoms. The first-order chi connectivity index (χ1) is 14.4. The fourth-order valence-corrected chi connectivity index (χ4v) is 3.90. The van der Waals surface area contributed by atoms with Gasteiger partial charge in [0.25, 0.3) is 5.91 Å². The van der Waals surface area contributed by atoms with Gasteiger partial charge in [0.05, 0.1) is 5.70 Å². The Bertz CT molecular complexity index is 811. The van der Waals surface area contributed by atoms with E-state index in [2.05, 4.69) is 22.8 Å². The van der Waals surface area contributed by atoms with E-state index in [0.29, 0.717) is 44.6 Å². The second-order valence-corrected chi connectivity index (χ2v) is 8.28. The van der Waals surface area contributed by atoms with Crippen molar-refractivity contribution in [1.82, 2.24) is 15.5 Å². The lowest BCUT2D eigenvalue weighted by Crippen LogP contribution is -2.49. The van der Waals surface area contributed by atoms with Crippen molar-refractivity contribution >= 4 is 5.91 Å². The number of likely N-dealkylation sites (tertiary alicyclic amines) is 1. The smallest absolute Gasteiger partial charge is 0.253 e. The van der Waals surface area contributed by atoms with Crippen LogP contribution in [0.3, 0.4) is 0 Å². The lowest BCUT2D eigenvalue weighted by molar-refractivity contribution is 0.0430. The number of benzene rings is 1. The normalized spacial score (nSPS) is 18.5. The van der Waals surface area contributed by atoms with Crippen molar-refractivity contribution in [3.05, 3.63) is 58.5 Å². The van der Waals surface area contributed by atoms with Gasteiger partial charge in [-0.1, -0.05) is 12.1 Å². The highest BCUT2D eigenvalue weighted by Gasteiger charge is 2.35. The summed E-state index contributed by atoms with van der Waals surface area (Å²) in [4.78, 5) is 14.5. The van der Waals surface area contributed by atoms with E-state index < -0.39 is 5.67 Å². The van der Waals surface area contributed by atoms with Gasteiger partial charge in [0.2, 0.25) is 0 Å². The van der Waals surface area contributed by atoms with E-state index in [1.807, 2.05) is 39.1 Å². The molecule has 1 aromatic rings. The first-order valence-electron chi connectivity index (χ1n) is 10.9. The summed E-state index contributed by atoms with van der Waals surface area (Å²) < 4.78 is 21.0. The Labute approximate surface area is 179 Å². The van der Waals surface area contributed by atoms with E-state index in [-0.39, 0.29) is 12.5 Å². The summed E-state index contributed by atoms with van der Waals surface area (Å²) >= 11 is 0. The van der Waals surface area contributed by atoms with Crippen LogP contribution in [0.25, 0.3) is 0 Å². The highest BCUT2D eigenvalue weighted by Crippen LogP contribution is 2.27. The number of allylic oxidation sites excluding steroid dienone is 2. The van der Waals surface area contributed by atoms with Gasteiger partial charge in [-0.15, -0.1) is 0 Å². The van der Waals surface area contributed by atoms with Gasteiger partial charge in [0, 0.05) is 51.6 Å². The number of hydrogen-bond acceptors (Lipinski definition) is 4. The SMILES string of the molecule is CNC1=CCCC=C1OCCNCC1(F)CCN(C(=O)c2ccc(C)c(C)c2)CC1. The first kappa shape index (κ1) is 22.3. The Morgan fingerprint density at radius 3 is 2.60 bits per heavy atom. The van der Waals surface area contributed by atoms with Crippen LogP contribution in [0.1, 0.15) is 47.2 Å². The highest BCUT2D eigenvalue weighted by atomic mass is 19.1. The molecule has 1 saturated heterocycles. The molecular weight excluding hydrogens is 381 g/mol. The summed E-state index contributed by atoms with van der Waals surface area (Å²) in [6, 6.07) is 5.75. The molecule has 0 bridgehead atoms. The first-order valence-corrected chi connectivity index (χ1v) is 10.9. The molecule has 1 aliphatic carbocycles. The Balaban J connectivity index is 1.39. The summed E-state index contributed by atoms with van der Waals surface area (Å²) in [5.41, 5.74) is 2.70. The molecule has 1 heterocycles. The zero-order valence-electron chi connectivity index (χ0n) is 18.4. The number of carbonyl (C=O) groups excluding carboxylic acids is 1. The average molecular weight is 416 g/mol. The maximum atomic E-state index is 15.2. The fourth-order valence-electron chi connectivity index (χ4n) is 3.90. The molecule has 0 saturated carbocycles. The molecule has 2 aliphatic rings. The van der Waals surface area contributed by atoms with E-state index in [0.717, 1.165) is 29.9 Å². The van der Waals surface area contributed by atoms with E-state index in [1.54, 1.807) is 4.90 Å². The minimum atomic E-state index is -1.28. The molecule has 1 aliphatic heterocycles. The lowest BCUT2D eigenvalue weighted by Gasteiger charge is -2.36. The van der Waals surface area contributed by atoms with Gasteiger partial charge in [0.1, 0.15) is 18.0 Å². The number of alkyl halides is 1. The Morgan fingerprint density at radius 1 is 1.17 bits per heavy atom. The number of aryl methyl sites for hydroxylation is 2. The standard InChI is InChI=1S/C24H34FN3O2/c1-18-8-9-20(16-19(18)2)23(29)28-13-10-24(25,11-14-28)17-27-12-15-30-22-7-5-4-6-21(22)26-3/h6-9,16,26-27H,4-5,10-15,17H2,1-3H3. The second kappa shape index (κ2) is 10.1. The average Bonchev–Trinajstić information content (AvgIpc) is 2.76. The molecule has 2 N–H and O–H groups in total. The predicted octanol–water partition coefficient (Wildman–Crippen LogP) is 3.63. The number of likely N-dealkylation sites (N-methyl/N-ethyl adjacent to an activating group) is 1. The summed E-state index contributed by atoms with van der Waals surface area (Å²) in [5, 5.41) is 6.33. The maximum Gasteiger partial charge on any atom is 0.253 e. The molecule has 164 valence electrons. The van der Waals surface area contributed by atoms with Gasteiger partial charge in [-0.3, -0.25) is 4.79 Å². The van der Waals surface area contributed by atoms with Crippen LogP contribution in [0.15, 0.2) is 41.8 Å². The molecular formula is C24H34FN3O2. The molecule has 0 radical (unpaired) electrons. The number of hydrogen-bond donors (Lipinski definition) is 2. The van der Waals surface area contributed by atoms with Gasteiger partial charge < -0.3 is 20.3 Å². The van der Waals surface area contributed by atoms with Crippen LogP contribution in [0, 0.1) is 13.8 Å². The quantitative estimate of drug-likeness (QED) is 0.637.